The Kier molecular flexibility index (Phi) is 6.14. The van der Waals surface area contributed by atoms with Crippen LogP contribution in [0.25, 0.3) is 0 Å². The summed E-state index contributed by atoms with van der Waals surface area (Å²) in [7, 11) is 3.79. The number of halogens is 3. The molecule has 2 amide bonds. The highest BCUT2D eigenvalue weighted by atomic mass is 19.4. The molecule has 1 aliphatic rings. The first-order chi connectivity index (χ1) is 13.7. The van der Waals surface area contributed by atoms with E-state index in [-0.39, 0.29) is 6.03 Å². The van der Waals surface area contributed by atoms with Gasteiger partial charge in [0.2, 0.25) is 0 Å². The van der Waals surface area contributed by atoms with Gasteiger partial charge in [0.05, 0.1) is 5.56 Å². The summed E-state index contributed by atoms with van der Waals surface area (Å²) in [5.74, 6) is 0.812. The smallest absolute Gasteiger partial charge is 0.368 e. The molecule has 9 heteroatoms. The van der Waals surface area contributed by atoms with Gasteiger partial charge in [-0.05, 0) is 35.9 Å². The first-order valence-electron chi connectivity index (χ1n) is 9.31. The van der Waals surface area contributed by atoms with E-state index in [0.29, 0.717) is 38.4 Å². The van der Waals surface area contributed by atoms with E-state index in [1.165, 1.54) is 6.07 Å². The molecule has 1 saturated heterocycles. The largest absolute Gasteiger partial charge is 0.416 e. The second kappa shape index (κ2) is 8.59. The van der Waals surface area contributed by atoms with Crippen molar-refractivity contribution in [2.24, 2.45) is 0 Å². The van der Waals surface area contributed by atoms with E-state index in [2.05, 4.69) is 10.3 Å². The molecule has 3 rings (SSSR count). The van der Waals surface area contributed by atoms with Crippen molar-refractivity contribution in [3.05, 3.63) is 53.7 Å². The zero-order valence-corrected chi connectivity index (χ0v) is 16.4. The summed E-state index contributed by atoms with van der Waals surface area (Å²) in [4.78, 5) is 22.1. The molecule has 0 aliphatic carbocycles. The molecule has 29 heavy (non-hydrogen) atoms. The van der Waals surface area contributed by atoms with Crippen molar-refractivity contribution in [3.63, 3.8) is 0 Å². The topological polar surface area (TPSA) is 51.7 Å². The summed E-state index contributed by atoms with van der Waals surface area (Å²) < 4.78 is 38.7. The fourth-order valence-corrected chi connectivity index (χ4v) is 3.15. The third-order valence-corrected chi connectivity index (χ3v) is 4.82. The van der Waals surface area contributed by atoms with E-state index in [9.17, 15) is 18.0 Å². The van der Waals surface area contributed by atoms with Gasteiger partial charge in [0.1, 0.15) is 5.82 Å². The Balaban J connectivity index is 1.53. The average molecular weight is 407 g/mol. The Morgan fingerprint density at radius 2 is 1.86 bits per heavy atom. The lowest BCUT2D eigenvalue weighted by molar-refractivity contribution is -0.137. The molecule has 6 nitrogen and oxygen atoms in total. The Labute approximate surface area is 167 Å². The standard InChI is InChI=1S/C20H24F3N5O/c1-26(2)18-12-15(6-7-24-18)14-25-19(29)28-10-8-27(9-11-28)17-5-3-4-16(13-17)20(21,22)23/h3-7,12-13H,8-11,14H2,1-2H3,(H,25,29). The van der Waals surface area contributed by atoms with Crippen molar-refractivity contribution < 1.29 is 18.0 Å². The first-order valence-corrected chi connectivity index (χ1v) is 9.31. The summed E-state index contributed by atoms with van der Waals surface area (Å²) in [6, 6.07) is 8.86. The number of carbonyl (C=O) groups is 1. The zero-order valence-electron chi connectivity index (χ0n) is 16.4. The number of pyridine rings is 1. The molecule has 156 valence electrons. The fraction of sp³-hybridized carbons (Fsp3) is 0.400. The molecule has 1 aromatic heterocycles. The van der Waals surface area contributed by atoms with Crippen molar-refractivity contribution in [2.75, 3.05) is 50.1 Å². The van der Waals surface area contributed by atoms with Gasteiger partial charge in [-0.3, -0.25) is 0 Å². The zero-order chi connectivity index (χ0) is 21.0. The van der Waals surface area contributed by atoms with Gasteiger partial charge in [-0.15, -0.1) is 0 Å². The highest BCUT2D eigenvalue weighted by Gasteiger charge is 2.31. The first kappa shape index (κ1) is 20.8. The summed E-state index contributed by atoms with van der Waals surface area (Å²) in [6.45, 7) is 2.24. The molecule has 0 spiro atoms. The van der Waals surface area contributed by atoms with Crippen LogP contribution >= 0.6 is 0 Å². The van der Waals surface area contributed by atoms with E-state index in [1.54, 1.807) is 17.2 Å². The lowest BCUT2D eigenvalue weighted by Crippen LogP contribution is -2.51. The van der Waals surface area contributed by atoms with Crippen LogP contribution in [0.5, 0.6) is 0 Å². The van der Waals surface area contributed by atoms with Crippen LogP contribution < -0.4 is 15.1 Å². The second-order valence-corrected chi connectivity index (χ2v) is 7.10. The predicted octanol–water partition coefficient (Wildman–Crippen LogP) is 3.20. The minimum atomic E-state index is -4.36. The molecule has 1 aromatic carbocycles. The van der Waals surface area contributed by atoms with Crippen molar-refractivity contribution in [2.45, 2.75) is 12.7 Å². The minimum absolute atomic E-state index is 0.183. The highest BCUT2D eigenvalue weighted by molar-refractivity contribution is 5.74. The fourth-order valence-electron chi connectivity index (χ4n) is 3.15. The lowest BCUT2D eigenvalue weighted by Gasteiger charge is -2.36. The Morgan fingerprint density at radius 3 is 2.52 bits per heavy atom. The summed E-state index contributed by atoms with van der Waals surface area (Å²) in [5.41, 5.74) is 0.803. The van der Waals surface area contributed by atoms with E-state index < -0.39 is 11.7 Å². The third kappa shape index (κ3) is 5.30. The van der Waals surface area contributed by atoms with Crippen molar-refractivity contribution in [1.82, 2.24) is 15.2 Å². The molecule has 1 fully saturated rings. The van der Waals surface area contributed by atoms with Crippen LogP contribution in [0.1, 0.15) is 11.1 Å². The minimum Gasteiger partial charge on any atom is -0.368 e. The number of aromatic nitrogens is 1. The number of rotatable bonds is 4. The number of piperazine rings is 1. The number of hydrogen-bond acceptors (Lipinski definition) is 4. The molecule has 2 heterocycles. The molecule has 0 unspecified atom stereocenters. The van der Waals surface area contributed by atoms with Gasteiger partial charge in [0, 0.05) is 58.7 Å². The maximum Gasteiger partial charge on any atom is 0.416 e. The number of hydrogen-bond donors (Lipinski definition) is 1. The van der Waals surface area contributed by atoms with Gasteiger partial charge in [-0.25, -0.2) is 9.78 Å². The third-order valence-electron chi connectivity index (χ3n) is 4.82. The Morgan fingerprint density at radius 1 is 1.14 bits per heavy atom. The molecule has 0 radical (unpaired) electrons. The van der Waals surface area contributed by atoms with Gasteiger partial charge in [-0.1, -0.05) is 6.07 Å². The molecule has 0 bridgehead atoms. The van der Waals surface area contributed by atoms with Gasteiger partial charge in [0.25, 0.3) is 0 Å². The van der Waals surface area contributed by atoms with Crippen LogP contribution in [0, 0.1) is 0 Å². The highest BCUT2D eigenvalue weighted by Crippen LogP contribution is 2.31. The molecular formula is C20H24F3N5O. The second-order valence-electron chi connectivity index (χ2n) is 7.10. The number of benzene rings is 1. The maximum atomic E-state index is 12.9. The Hall–Kier alpha value is -2.97. The summed E-state index contributed by atoms with van der Waals surface area (Å²) in [6.07, 6.45) is -2.66. The van der Waals surface area contributed by atoms with Crippen molar-refractivity contribution >= 4 is 17.5 Å². The average Bonchev–Trinajstić information content (AvgIpc) is 2.72. The monoisotopic (exact) mass is 407 g/mol. The van der Waals surface area contributed by atoms with Crippen LogP contribution in [-0.2, 0) is 12.7 Å². The Bertz CT molecular complexity index is 848. The number of anilines is 2. The van der Waals surface area contributed by atoms with Crippen LogP contribution in [0.3, 0.4) is 0 Å². The van der Waals surface area contributed by atoms with Gasteiger partial charge in [-0.2, -0.15) is 13.2 Å². The van der Waals surface area contributed by atoms with E-state index in [0.717, 1.165) is 23.5 Å². The van der Waals surface area contributed by atoms with Crippen LogP contribution in [0.4, 0.5) is 29.5 Å². The van der Waals surface area contributed by atoms with Crippen molar-refractivity contribution in [3.8, 4) is 0 Å². The van der Waals surface area contributed by atoms with Gasteiger partial charge < -0.3 is 20.0 Å². The molecule has 0 saturated carbocycles. The molecule has 1 aliphatic heterocycles. The number of amides is 2. The van der Waals surface area contributed by atoms with E-state index in [4.69, 9.17) is 0 Å². The number of nitrogens with zero attached hydrogens (tertiary/aromatic N) is 4. The summed E-state index contributed by atoms with van der Waals surface area (Å²) >= 11 is 0. The SMILES string of the molecule is CN(C)c1cc(CNC(=O)N2CCN(c3cccc(C(F)(F)F)c3)CC2)ccn1. The normalized spacial score (nSPS) is 14.7. The lowest BCUT2D eigenvalue weighted by atomic mass is 10.1. The molecule has 2 aromatic rings. The van der Waals surface area contributed by atoms with Crippen molar-refractivity contribution in [1.29, 1.82) is 0 Å². The molecular weight excluding hydrogens is 383 g/mol. The number of alkyl halides is 3. The van der Waals surface area contributed by atoms with Crippen LogP contribution in [0.15, 0.2) is 42.6 Å². The molecule has 1 N–H and O–H groups in total. The van der Waals surface area contributed by atoms with Crippen LogP contribution in [-0.4, -0.2) is 56.2 Å². The van der Waals surface area contributed by atoms with E-state index in [1.807, 2.05) is 36.0 Å². The van der Waals surface area contributed by atoms with Crippen LogP contribution in [0.2, 0.25) is 0 Å². The number of nitrogens with one attached hydrogen (secondary N) is 1. The summed E-state index contributed by atoms with van der Waals surface area (Å²) in [5, 5.41) is 2.89. The quantitative estimate of drug-likeness (QED) is 0.846. The maximum absolute atomic E-state index is 12.9. The van der Waals surface area contributed by atoms with E-state index >= 15 is 0 Å². The number of carbonyl (C=O) groups excluding carboxylic acids is 1. The van der Waals surface area contributed by atoms with Gasteiger partial charge in [0.15, 0.2) is 0 Å². The van der Waals surface area contributed by atoms with Gasteiger partial charge >= 0.3 is 12.2 Å². The number of urea groups is 1. The predicted molar refractivity (Wildman–Crippen MR) is 106 cm³/mol. The molecule has 0 atom stereocenters.